The van der Waals surface area contributed by atoms with Crippen LogP contribution in [0, 0.1) is 6.92 Å². The molecule has 0 aliphatic carbocycles. The number of amides is 1. The van der Waals surface area contributed by atoms with Gasteiger partial charge in [-0.3, -0.25) is 4.79 Å². The van der Waals surface area contributed by atoms with Crippen molar-refractivity contribution >= 4 is 52.1 Å². The van der Waals surface area contributed by atoms with Crippen molar-refractivity contribution in [2.24, 2.45) is 0 Å². The van der Waals surface area contributed by atoms with Crippen LogP contribution < -0.4 is 16.0 Å². The molecule has 3 N–H and O–H groups in total. The molecular formula is C19H17Cl2N3OS. The fourth-order valence-electron chi connectivity index (χ4n) is 2.82. The molecule has 0 fully saturated rings. The third-order valence-corrected chi connectivity index (χ3v) is 4.87. The van der Waals surface area contributed by atoms with E-state index in [0.717, 1.165) is 11.1 Å². The summed E-state index contributed by atoms with van der Waals surface area (Å²) in [5, 5.41) is 10.8. The Hall–Kier alpha value is -2.08. The summed E-state index contributed by atoms with van der Waals surface area (Å²) < 4.78 is 0. The molecule has 1 aliphatic heterocycles. The van der Waals surface area contributed by atoms with Crippen molar-refractivity contribution in [3.8, 4) is 0 Å². The molecule has 26 heavy (non-hydrogen) atoms. The average molecular weight is 406 g/mol. The standard InChI is InChI=1S/C19H17Cl2N3OS/c1-10-3-6-14(21)9-15(10)23-18(25)16-11(2)22-19(26)24-17(16)12-4-7-13(20)8-5-12/h3-9,17H,1-2H3,(H,23,25)(H2,22,24,26)/t17-/m1/s1. The summed E-state index contributed by atoms with van der Waals surface area (Å²) in [4.78, 5) is 13.0. The molecule has 0 spiro atoms. The van der Waals surface area contributed by atoms with Crippen molar-refractivity contribution in [2.75, 3.05) is 5.32 Å². The van der Waals surface area contributed by atoms with Gasteiger partial charge in [-0.05, 0) is 61.5 Å². The molecule has 0 unspecified atom stereocenters. The Morgan fingerprint density at radius 3 is 2.42 bits per heavy atom. The lowest BCUT2D eigenvalue weighted by atomic mass is 9.95. The van der Waals surface area contributed by atoms with Crippen LogP contribution in [0.2, 0.25) is 10.0 Å². The summed E-state index contributed by atoms with van der Waals surface area (Å²) in [6.45, 7) is 3.74. The largest absolute Gasteiger partial charge is 0.351 e. The number of halogens is 2. The van der Waals surface area contributed by atoms with Crippen LogP contribution in [0.25, 0.3) is 0 Å². The average Bonchev–Trinajstić information content (AvgIpc) is 2.58. The minimum absolute atomic E-state index is 0.227. The zero-order chi connectivity index (χ0) is 18.8. The van der Waals surface area contributed by atoms with E-state index < -0.39 is 0 Å². The quantitative estimate of drug-likeness (QED) is 0.645. The minimum atomic E-state index is -0.375. The summed E-state index contributed by atoms with van der Waals surface area (Å²) in [5.41, 5.74) is 3.75. The molecule has 7 heteroatoms. The van der Waals surface area contributed by atoms with Crippen LogP contribution in [0.4, 0.5) is 5.69 Å². The third kappa shape index (κ3) is 4.01. The van der Waals surface area contributed by atoms with Gasteiger partial charge >= 0.3 is 0 Å². The van der Waals surface area contributed by atoms with Gasteiger partial charge in [-0.1, -0.05) is 41.4 Å². The van der Waals surface area contributed by atoms with E-state index in [2.05, 4.69) is 16.0 Å². The molecule has 134 valence electrons. The van der Waals surface area contributed by atoms with E-state index >= 15 is 0 Å². The second kappa shape index (κ2) is 7.66. The first-order valence-corrected chi connectivity index (χ1v) is 9.13. The maximum Gasteiger partial charge on any atom is 0.255 e. The van der Waals surface area contributed by atoms with Crippen LogP contribution in [0.15, 0.2) is 53.7 Å². The molecule has 0 aromatic heterocycles. The maximum atomic E-state index is 13.0. The summed E-state index contributed by atoms with van der Waals surface area (Å²) in [6.07, 6.45) is 0. The van der Waals surface area contributed by atoms with Gasteiger partial charge in [0.05, 0.1) is 11.6 Å². The molecular weight excluding hydrogens is 389 g/mol. The van der Waals surface area contributed by atoms with Crippen molar-refractivity contribution in [1.29, 1.82) is 0 Å². The van der Waals surface area contributed by atoms with Gasteiger partial charge in [0, 0.05) is 21.4 Å². The second-order valence-electron chi connectivity index (χ2n) is 6.04. The number of anilines is 1. The highest BCUT2D eigenvalue weighted by molar-refractivity contribution is 7.80. The normalized spacial score (nSPS) is 16.8. The fourth-order valence-corrected chi connectivity index (χ4v) is 3.39. The van der Waals surface area contributed by atoms with Crippen molar-refractivity contribution in [3.63, 3.8) is 0 Å². The molecule has 2 aromatic carbocycles. The Bertz CT molecular complexity index is 910. The second-order valence-corrected chi connectivity index (χ2v) is 7.32. The number of allylic oxidation sites excluding steroid dienone is 1. The summed E-state index contributed by atoms with van der Waals surface area (Å²) in [5.74, 6) is -0.227. The molecule has 0 bridgehead atoms. The number of rotatable bonds is 3. The predicted molar refractivity (Wildman–Crippen MR) is 111 cm³/mol. The number of carbonyl (C=O) groups is 1. The molecule has 0 radical (unpaired) electrons. The van der Waals surface area contributed by atoms with E-state index in [1.165, 1.54) is 0 Å². The first kappa shape index (κ1) is 18.7. The summed E-state index contributed by atoms with van der Waals surface area (Å²) in [6, 6.07) is 12.3. The lowest BCUT2D eigenvalue weighted by molar-refractivity contribution is -0.113. The van der Waals surface area contributed by atoms with Crippen molar-refractivity contribution in [3.05, 3.63) is 74.9 Å². The number of aryl methyl sites for hydroxylation is 1. The Kier molecular flexibility index (Phi) is 5.51. The SMILES string of the molecule is CC1=C(C(=O)Nc2cc(Cl)ccc2C)[C@@H](c2ccc(Cl)cc2)NC(=S)N1. The van der Waals surface area contributed by atoms with E-state index in [-0.39, 0.29) is 11.9 Å². The van der Waals surface area contributed by atoms with Crippen molar-refractivity contribution in [2.45, 2.75) is 19.9 Å². The molecule has 1 aliphatic rings. The van der Waals surface area contributed by atoms with Gasteiger partial charge in [0.25, 0.3) is 5.91 Å². The Balaban J connectivity index is 1.96. The van der Waals surface area contributed by atoms with Gasteiger partial charge in [-0.2, -0.15) is 0 Å². The smallest absolute Gasteiger partial charge is 0.255 e. The number of nitrogens with one attached hydrogen (secondary N) is 3. The Labute approximate surface area is 167 Å². The van der Waals surface area contributed by atoms with Gasteiger partial charge in [0.1, 0.15) is 0 Å². The number of thiocarbonyl (C=S) groups is 1. The Morgan fingerprint density at radius 2 is 1.73 bits per heavy atom. The van der Waals surface area contributed by atoms with Gasteiger partial charge in [0.2, 0.25) is 0 Å². The number of hydrogen-bond donors (Lipinski definition) is 3. The monoisotopic (exact) mass is 405 g/mol. The predicted octanol–water partition coefficient (Wildman–Crippen LogP) is 4.73. The van der Waals surface area contributed by atoms with Gasteiger partial charge in [-0.25, -0.2) is 0 Å². The highest BCUT2D eigenvalue weighted by atomic mass is 35.5. The van der Waals surface area contributed by atoms with Crippen LogP contribution in [0.3, 0.4) is 0 Å². The van der Waals surface area contributed by atoms with Gasteiger partial charge < -0.3 is 16.0 Å². The highest BCUT2D eigenvalue weighted by Gasteiger charge is 2.30. The molecule has 0 saturated heterocycles. The van der Waals surface area contributed by atoms with Gasteiger partial charge in [0.15, 0.2) is 5.11 Å². The molecule has 2 aromatic rings. The van der Waals surface area contributed by atoms with Crippen LogP contribution in [-0.2, 0) is 4.79 Å². The number of carbonyl (C=O) groups excluding carboxylic acids is 1. The summed E-state index contributed by atoms with van der Waals surface area (Å²) >= 11 is 17.3. The highest BCUT2D eigenvalue weighted by Crippen LogP contribution is 2.29. The first-order valence-electron chi connectivity index (χ1n) is 7.96. The van der Waals surface area contributed by atoms with Gasteiger partial charge in [-0.15, -0.1) is 0 Å². The van der Waals surface area contributed by atoms with E-state index in [1.54, 1.807) is 24.3 Å². The molecule has 1 amide bonds. The van der Waals surface area contributed by atoms with E-state index in [9.17, 15) is 4.79 Å². The third-order valence-electron chi connectivity index (χ3n) is 4.16. The molecule has 1 heterocycles. The first-order chi connectivity index (χ1) is 12.3. The van der Waals surface area contributed by atoms with Crippen molar-refractivity contribution < 1.29 is 4.79 Å². The lowest BCUT2D eigenvalue weighted by Gasteiger charge is -2.30. The van der Waals surface area contributed by atoms with Crippen LogP contribution in [0.5, 0.6) is 0 Å². The van der Waals surface area contributed by atoms with E-state index in [0.29, 0.717) is 32.1 Å². The Morgan fingerprint density at radius 1 is 1.08 bits per heavy atom. The number of benzene rings is 2. The molecule has 3 rings (SSSR count). The molecule has 4 nitrogen and oxygen atoms in total. The van der Waals surface area contributed by atoms with Crippen LogP contribution >= 0.6 is 35.4 Å². The molecule has 1 atom stereocenters. The number of hydrogen-bond acceptors (Lipinski definition) is 2. The summed E-state index contributed by atoms with van der Waals surface area (Å²) in [7, 11) is 0. The van der Waals surface area contributed by atoms with E-state index in [1.807, 2.05) is 32.0 Å². The molecule has 0 saturated carbocycles. The topological polar surface area (TPSA) is 53.2 Å². The van der Waals surface area contributed by atoms with Crippen molar-refractivity contribution in [1.82, 2.24) is 10.6 Å². The fraction of sp³-hybridized carbons (Fsp3) is 0.158. The zero-order valence-corrected chi connectivity index (χ0v) is 16.5. The van der Waals surface area contributed by atoms with Crippen LogP contribution in [0.1, 0.15) is 24.1 Å². The van der Waals surface area contributed by atoms with E-state index in [4.69, 9.17) is 35.4 Å². The minimum Gasteiger partial charge on any atom is -0.351 e. The van der Waals surface area contributed by atoms with Crippen LogP contribution in [-0.4, -0.2) is 11.0 Å². The zero-order valence-electron chi connectivity index (χ0n) is 14.2. The lowest BCUT2D eigenvalue weighted by Crippen LogP contribution is -2.45. The maximum absolute atomic E-state index is 13.0.